The second-order valence-corrected chi connectivity index (χ2v) is 3.99. The van der Waals surface area contributed by atoms with Crippen LogP contribution >= 0.6 is 0 Å². The number of nitrogens with one attached hydrogen (secondary N) is 1. The smallest absolute Gasteiger partial charge is 0.354 e. The minimum Gasteiger partial charge on any atom is -0.477 e. The molecule has 7 heteroatoms. The van der Waals surface area contributed by atoms with Crippen LogP contribution in [0.1, 0.15) is 16.9 Å². The van der Waals surface area contributed by atoms with E-state index in [-0.39, 0.29) is 5.69 Å². The van der Waals surface area contributed by atoms with Crippen LogP contribution < -0.4 is 11.1 Å². The summed E-state index contributed by atoms with van der Waals surface area (Å²) in [7, 11) is 0. The summed E-state index contributed by atoms with van der Waals surface area (Å²) in [5, 5.41) is 16.0. The predicted molar refractivity (Wildman–Crippen MR) is 70.9 cm³/mol. The van der Waals surface area contributed by atoms with Crippen molar-refractivity contribution in [2.75, 3.05) is 17.6 Å². The van der Waals surface area contributed by atoms with Gasteiger partial charge in [-0.3, -0.25) is 4.68 Å². The van der Waals surface area contributed by atoms with Crippen LogP contribution in [0.4, 0.5) is 11.5 Å². The lowest BCUT2D eigenvalue weighted by molar-refractivity contribution is 0.0690. The second kappa shape index (κ2) is 5.85. The fraction of sp³-hybridized carbons (Fsp3) is 0.250. The number of hydrogen-bond donors (Lipinski definition) is 3. The maximum atomic E-state index is 10.8. The number of carboxylic acid groups (broad SMARTS) is 1. The van der Waals surface area contributed by atoms with Crippen LogP contribution in [0, 0.1) is 0 Å². The van der Waals surface area contributed by atoms with E-state index in [2.05, 4.69) is 15.4 Å². The van der Waals surface area contributed by atoms with E-state index in [9.17, 15) is 4.79 Å². The Bertz CT molecular complexity index is 553. The van der Waals surface area contributed by atoms with Crippen molar-refractivity contribution in [2.45, 2.75) is 13.0 Å². The molecule has 0 atom stereocenters. The summed E-state index contributed by atoms with van der Waals surface area (Å²) in [6, 6.07) is 4.78. The van der Waals surface area contributed by atoms with Crippen molar-refractivity contribution in [3.63, 3.8) is 0 Å². The Balaban J connectivity index is 1.88. The maximum Gasteiger partial charge on any atom is 0.354 e. The first-order chi connectivity index (χ1) is 9.16. The number of nitrogens with zero attached hydrogens (tertiary/aromatic N) is 3. The van der Waals surface area contributed by atoms with E-state index < -0.39 is 5.97 Å². The Morgan fingerprint density at radius 2 is 2.32 bits per heavy atom. The summed E-state index contributed by atoms with van der Waals surface area (Å²) in [5.74, 6) is -0.667. The summed E-state index contributed by atoms with van der Waals surface area (Å²) in [6.07, 6.45) is 4.45. The third-order valence-corrected chi connectivity index (χ3v) is 2.56. The molecule has 0 unspecified atom stereocenters. The van der Waals surface area contributed by atoms with Gasteiger partial charge in [-0.05, 0) is 24.6 Å². The highest BCUT2D eigenvalue weighted by atomic mass is 16.4. The highest BCUT2D eigenvalue weighted by Crippen LogP contribution is 2.15. The van der Waals surface area contributed by atoms with E-state index in [1.165, 1.54) is 12.1 Å². The Hall–Kier alpha value is -2.57. The molecule has 2 heterocycles. The molecule has 4 N–H and O–H groups in total. The van der Waals surface area contributed by atoms with Gasteiger partial charge in [0, 0.05) is 25.5 Å². The lowest BCUT2D eigenvalue weighted by Gasteiger charge is -2.09. The van der Waals surface area contributed by atoms with Crippen molar-refractivity contribution in [3.8, 4) is 0 Å². The standard InChI is InChI=1S/C12H15N5O2/c13-9-3-4-10(12(18)19)16-11(9)14-5-1-7-17-8-2-6-15-17/h2-4,6,8H,1,5,7,13H2,(H,14,16)(H,18,19). The van der Waals surface area contributed by atoms with Gasteiger partial charge in [0.05, 0.1) is 5.69 Å². The number of nitrogens with two attached hydrogens (primary N) is 1. The van der Waals surface area contributed by atoms with Gasteiger partial charge in [-0.15, -0.1) is 0 Å². The van der Waals surface area contributed by atoms with Crippen LogP contribution in [0.25, 0.3) is 0 Å². The van der Waals surface area contributed by atoms with Crippen LogP contribution in [0.3, 0.4) is 0 Å². The van der Waals surface area contributed by atoms with Crippen molar-refractivity contribution in [3.05, 3.63) is 36.3 Å². The molecule has 0 fully saturated rings. The molecule has 2 aromatic heterocycles. The van der Waals surface area contributed by atoms with Crippen molar-refractivity contribution in [1.29, 1.82) is 0 Å². The third kappa shape index (κ3) is 3.44. The number of pyridine rings is 1. The van der Waals surface area contributed by atoms with Gasteiger partial charge in [-0.25, -0.2) is 9.78 Å². The second-order valence-electron chi connectivity index (χ2n) is 3.99. The van der Waals surface area contributed by atoms with Gasteiger partial charge >= 0.3 is 5.97 Å². The highest BCUT2D eigenvalue weighted by Gasteiger charge is 2.07. The van der Waals surface area contributed by atoms with E-state index in [1.54, 1.807) is 6.20 Å². The Morgan fingerprint density at radius 3 is 3.00 bits per heavy atom. The molecule has 0 aliphatic carbocycles. The molecule has 0 aromatic carbocycles. The normalized spacial score (nSPS) is 10.3. The molecule has 0 saturated carbocycles. The van der Waals surface area contributed by atoms with Crippen molar-refractivity contribution in [2.24, 2.45) is 0 Å². The molecule has 19 heavy (non-hydrogen) atoms. The molecule has 7 nitrogen and oxygen atoms in total. The molecule has 0 aliphatic heterocycles. The number of nitrogen functional groups attached to an aromatic ring is 1. The number of anilines is 2. The molecule has 0 saturated heterocycles. The topological polar surface area (TPSA) is 106 Å². The first-order valence-corrected chi connectivity index (χ1v) is 5.88. The molecule has 0 bridgehead atoms. The molecule has 100 valence electrons. The average molecular weight is 261 g/mol. The van der Waals surface area contributed by atoms with E-state index in [1.807, 2.05) is 16.9 Å². The first kappa shape index (κ1) is 12.9. The van der Waals surface area contributed by atoms with Crippen molar-refractivity contribution < 1.29 is 9.90 Å². The minimum absolute atomic E-state index is 0.0243. The van der Waals surface area contributed by atoms with E-state index in [4.69, 9.17) is 10.8 Å². The molecule has 0 aliphatic rings. The summed E-state index contributed by atoms with van der Waals surface area (Å²) >= 11 is 0. The van der Waals surface area contributed by atoms with Crippen LogP contribution in [0.2, 0.25) is 0 Å². The van der Waals surface area contributed by atoms with E-state index >= 15 is 0 Å². The van der Waals surface area contributed by atoms with Gasteiger partial charge in [-0.2, -0.15) is 5.10 Å². The van der Waals surface area contributed by atoms with Gasteiger partial charge in [0.25, 0.3) is 0 Å². The Kier molecular flexibility index (Phi) is 3.97. The van der Waals surface area contributed by atoms with Gasteiger partial charge in [0.2, 0.25) is 0 Å². The largest absolute Gasteiger partial charge is 0.477 e. The average Bonchev–Trinajstić information content (AvgIpc) is 2.89. The van der Waals surface area contributed by atoms with Crippen molar-refractivity contribution >= 4 is 17.5 Å². The summed E-state index contributed by atoms with van der Waals surface area (Å²) in [4.78, 5) is 14.8. The van der Waals surface area contributed by atoms with E-state index in [0.717, 1.165) is 13.0 Å². The van der Waals surface area contributed by atoms with Crippen LogP contribution in [0.5, 0.6) is 0 Å². The van der Waals surface area contributed by atoms with Crippen LogP contribution in [-0.2, 0) is 6.54 Å². The number of aromatic nitrogens is 3. The highest BCUT2D eigenvalue weighted by molar-refractivity contribution is 5.86. The zero-order valence-corrected chi connectivity index (χ0v) is 10.3. The number of aromatic carboxylic acids is 1. The zero-order chi connectivity index (χ0) is 13.7. The number of carboxylic acids is 1. The van der Waals surface area contributed by atoms with Gasteiger partial charge in [0.15, 0.2) is 5.69 Å². The Labute approximate surface area is 110 Å². The summed E-state index contributed by atoms with van der Waals surface area (Å²) in [6.45, 7) is 1.42. The van der Waals surface area contributed by atoms with Gasteiger partial charge < -0.3 is 16.2 Å². The minimum atomic E-state index is -1.07. The van der Waals surface area contributed by atoms with E-state index in [0.29, 0.717) is 18.1 Å². The quantitative estimate of drug-likeness (QED) is 0.671. The fourth-order valence-corrected chi connectivity index (χ4v) is 1.61. The Morgan fingerprint density at radius 1 is 1.47 bits per heavy atom. The molecular weight excluding hydrogens is 246 g/mol. The fourth-order valence-electron chi connectivity index (χ4n) is 1.61. The van der Waals surface area contributed by atoms with Gasteiger partial charge in [0.1, 0.15) is 5.82 Å². The predicted octanol–water partition coefficient (Wildman–Crippen LogP) is 1.06. The SMILES string of the molecule is Nc1ccc(C(=O)O)nc1NCCCn1cccn1. The maximum absolute atomic E-state index is 10.8. The molecule has 0 spiro atoms. The molecule has 2 rings (SSSR count). The number of rotatable bonds is 6. The van der Waals surface area contributed by atoms with Crippen molar-refractivity contribution in [1.82, 2.24) is 14.8 Å². The van der Waals surface area contributed by atoms with Crippen LogP contribution in [0.15, 0.2) is 30.6 Å². The molecule has 0 radical (unpaired) electrons. The molecular formula is C12H15N5O2. The molecule has 2 aromatic rings. The summed E-state index contributed by atoms with van der Waals surface area (Å²) < 4.78 is 1.83. The zero-order valence-electron chi connectivity index (χ0n) is 10.3. The number of hydrogen-bond acceptors (Lipinski definition) is 5. The van der Waals surface area contributed by atoms with Gasteiger partial charge in [-0.1, -0.05) is 0 Å². The number of carbonyl (C=O) groups is 1. The lowest BCUT2D eigenvalue weighted by Crippen LogP contribution is -2.11. The monoisotopic (exact) mass is 261 g/mol. The summed E-state index contributed by atoms with van der Waals surface area (Å²) in [5.41, 5.74) is 6.14. The third-order valence-electron chi connectivity index (χ3n) is 2.56. The lowest BCUT2D eigenvalue weighted by atomic mass is 10.3. The van der Waals surface area contributed by atoms with Crippen LogP contribution in [-0.4, -0.2) is 32.4 Å². The first-order valence-electron chi connectivity index (χ1n) is 5.88. The molecule has 0 amide bonds. The number of aryl methyl sites for hydroxylation is 1.